The van der Waals surface area contributed by atoms with Gasteiger partial charge in [0.1, 0.15) is 0 Å². The van der Waals surface area contributed by atoms with Crippen LogP contribution in [-0.4, -0.2) is 37.2 Å². The number of fused-ring (bicyclic) bond motifs is 2. The molecule has 0 aromatic carbocycles. The Morgan fingerprint density at radius 3 is 2.67 bits per heavy atom. The average molecular weight is 209 g/mol. The van der Waals surface area contributed by atoms with Crippen molar-refractivity contribution in [3.05, 3.63) is 0 Å². The summed E-state index contributed by atoms with van der Waals surface area (Å²) >= 11 is 0. The largest absolute Gasteiger partial charge is 0.379 e. The molecule has 2 saturated carbocycles. The SMILES string of the molecule is C1CC2CCC(N3CCOCC3)C(C1)C2. The Balaban J connectivity index is 1.64. The molecule has 0 N–H and O–H groups in total. The smallest absolute Gasteiger partial charge is 0.0594 e. The van der Waals surface area contributed by atoms with E-state index in [1.807, 2.05) is 0 Å². The lowest BCUT2D eigenvalue weighted by Gasteiger charge is -2.46. The average Bonchev–Trinajstić information content (AvgIpc) is 2.31. The molecule has 3 unspecified atom stereocenters. The van der Waals surface area contributed by atoms with Gasteiger partial charge in [0, 0.05) is 19.1 Å². The lowest BCUT2D eigenvalue weighted by atomic mass is 9.69. The number of hydrogen-bond acceptors (Lipinski definition) is 2. The maximum atomic E-state index is 5.45. The fourth-order valence-electron chi connectivity index (χ4n) is 3.98. The third kappa shape index (κ3) is 2.07. The molecule has 86 valence electrons. The van der Waals surface area contributed by atoms with E-state index in [0.717, 1.165) is 31.1 Å². The van der Waals surface area contributed by atoms with Gasteiger partial charge < -0.3 is 4.74 Å². The number of rotatable bonds is 1. The minimum Gasteiger partial charge on any atom is -0.379 e. The van der Waals surface area contributed by atoms with E-state index >= 15 is 0 Å². The number of morpholine rings is 1. The van der Waals surface area contributed by atoms with Crippen LogP contribution in [0.4, 0.5) is 0 Å². The predicted molar refractivity (Wildman–Crippen MR) is 60.9 cm³/mol. The molecular weight excluding hydrogens is 186 g/mol. The van der Waals surface area contributed by atoms with Crippen molar-refractivity contribution in [3.63, 3.8) is 0 Å². The molecule has 2 bridgehead atoms. The van der Waals surface area contributed by atoms with E-state index < -0.39 is 0 Å². The van der Waals surface area contributed by atoms with Crippen LogP contribution in [0.5, 0.6) is 0 Å². The van der Waals surface area contributed by atoms with Gasteiger partial charge in [-0.1, -0.05) is 12.8 Å². The topological polar surface area (TPSA) is 12.5 Å². The first-order valence-electron chi connectivity index (χ1n) is 6.75. The molecule has 3 aliphatic rings. The van der Waals surface area contributed by atoms with Crippen molar-refractivity contribution >= 4 is 0 Å². The third-order valence-electron chi connectivity index (χ3n) is 4.75. The van der Waals surface area contributed by atoms with E-state index in [2.05, 4.69) is 4.90 Å². The van der Waals surface area contributed by atoms with Gasteiger partial charge in [0.25, 0.3) is 0 Å². The van der Waals surface area contributed by atoms with Gasteiger partial charge in [-0.2, -0.15) is 0 Å². The van der Waals surface area contributed by atoms with E-state index in [4.69, 9.17) is 4.74 Å². The molecule has 2 aliphatic carbocycles. The first-order chi connectivity index (χ1) is 7.43. The Kier molecular flexibility index (Phi) is 2.98. The summed E-state index contributed by atoms with van der Waals surface area (Å²) in [4.78, 5) is 2.72. The summed E-state index contributed by atoms with van der Waals surface area (Å²) < 4.78 is 5.45. The van der Waals surface area contributed by atoms with Gasteiger partial charge in [-0.3, -0.25) is 4.90 Å². The Labute approximate surface area is 93.0 Å². The van der Waals surface area contributed by atoms with Crippen molar-refractivity contribution in [2.24, 2.45) is 11.8 Å². The second-order valence-electron chi connectivity index (χ2n) is 5.59. The van der Waals surface area contributed by atoms with Crippen LogP contribution in [0.2, 0.25) is 0 Å². The van der Waals surface area contributed by atoms with E-state index in [1.54, 1.807) is 0 Å². The molecule has 0 amide bonds. The molecule has 0 aromatic heterocycles. The maximum absolute atomic E-state index is 5.45. The van der Waals surface area contributed by atoms with Gasteiger partial charge in [-0.05, 0) is 37.5 Å². The van der Waals surface area contributed by atoms with Crippen molar-refractivity contribution in [2.45, 2.75) is 44.6 Å². The van der Waals surface area contributed by atoms with E-state index in [0.29, 0.717) is 0 Å². The predicted octanol–water partition coefficient (Wildman–Crippen LogP) is 2.29. The Bertz CT molecular complexity index is 208. The van der Waals surface area contributed by atoms with Gasteiger partial charge in [0.15, 0.2) is 0 Å². The van der Waals surface area contributed by atoms with Crippen molar-refractivity contribution in [2.75, 3.05) is 26.3 Å². The molecule has 15 heavy (non-hydrogen) atoms. The Morgan fingerprint density at radius 2 is 1.80 bits per heavy atom. The second kappa shape index (κ2) is 4.42. The van der Waals surface area contributed by atoms with Crippen LogP contribution in [0.3, 0.4) is 0 Å². The van der Waals surface area contributed by atoms with Gasteiger partial charge in [-0.25, -0.2) is 0 Å². The van der Waals surface area contributed by atoms with Gasteiger partial charge in [-0.15, -0.1) is 0 Å². The molecule has 1 aliphatic heterocycles. The minimum absolute atomic E-state index is 0.908. The highest BCUT2D eigenvalue weighted by Crippen LogP contribution is 2.41. The standard InChI is InChI=1S/C13H23NO/c1-2-11-4-5-13(12(3-1)10-11)14-6-8-15-9-7-14/h11-13H,1-10H2. The van der Waals surface area contributed by atoms with Gasteiger partial charge in [0.2, 0.25) is 0 Å². The van der Waals surface area contributed by atoms with Crippen LogP contribution in [0, 0.1) is 11.8 Å². The van der Waals surface area contributed by atoms with Crippen LogP contribution >= 0.6 is 0 Å². The van der Waals surface area contributed by atoms with Gasteiger partial charge >= 0.3 is 0 Å². The maximum Gasteiger partial charge on any atom is 0.0594 e. The van der Waals surface area contributed by atoms with E-state index in [9.17, 15) is 0 Å². The number of ether oxygens (including phenoxy) is 1. The highest BCUT2D eigenvalue weighted by atomic mass is 16.5. The number of nitrogens with zero attached hydrogens (tertiary/aromatic N) is 1. The van der Waals surface area contributed by atoms with Crippen LogP contribution in [0.1, 0.15) is 38.5 Å². The summed E-state index contributed by atoms with van der Waals surface area (Å²) in [6.07, 6.45) is 9.01. The molecule has 0 radical (unpaired) electrons. The Hall–Kier alpha value is -0.0800. The fourth-order valence-corrected chi connectivity index (χ4v) is 3.98. The molecular formula is C13H23NO. The van der Waals surface area contributed by atoms with Crippen LogP contribution in [0.25, 0.3) is 0 Å². The summed E-state index contributed by atoms with van der Waals surface area (Å²) in [6, 6.07) is 0.908. The lowest BCUT2D eigenvalue weighted by molar-refractivity contribution is -0.0221. The summed E-state index contributed by atoms with van der Waals surface area (Å²) in [5.74, 6) is 2.11. The molecule has 2 nitrogen and oxygen atoms in total. The Morgan fingerprint density at radius 1 is 0.933 bits per heavy atom. The first-order valence-corrected chi connectivity index (χ1v) is 6.75. The normalized spacial score (nSPS) is 42.8. The van der Waals surface area contributed by atoms with E-state index in [-0.39, 0.29) is 0 Å². The van der Waals surface area contributed by atoms with Gasteiger partial charge in [0.05, 0.1) is 13.2 Å². The summed E-state index contributed by atoms with van der Waals surface area (Å²) in [5.41, 5.74) is 0. The molecule has 1 heterocycles. The third-order valence-corrected chi connectivity index (χ3v) is 4.75. The van der Waals surface area contributed by atoms with Crippen molar-refractivity contribution in [1.29, 1.82) is 0 Å². The zero-order valence-electron chi connectivity index (χ0n) is 9.66. The second-order valence-corrected chi connectivity index (χ2v) is 5.59. The molecule has 1 saturated heterocycles. The van der Waals surface area contributed by atoms with Crippen molar-refractivity contribution in [3.8, 4) is 0 Å². The monoisotopic (exact) mass is 209 g/mol. The number of hydrogen-bond donors (Lipinski definition) is 0. The van der Waals surface area contributed by atoms with Crippen molar-refractivity contribution in [1.82, 2.24) is 4.90 Å². The first kappa shape index (κ1) is 10.1. The van der Waals surface area contributed by atoms with Crippen LogP contribution < -0.4 is 0 Å². The summed E-state index contributed by atoms with van der Waals surface area (Å²) in [6.45, 7) is 4.30. The molecule has 3 fully saturated rings. The van der Waals surface area contributed by atoms with Crippen LogP contribution in [-0.2, 0) is 4.74 Å². The quantitative estimate of drug-likeness (QED) is 0.657. The zero-order chi connectivity index (χ0) is 10.1. The summed E-state index contributed by atoms with van der Waals surface area (Å²) in [5, 5.41) is 0. The van der Waals surface area contributed by atoms with Crippen molar-refractivity contribution < 1.29 is 4.74 Å². The minimum atomic E-state index is 0.908. The van der Waals surface area contributed by atoms with Crippen LogP contribution in [0.15, 0.2) is 0 Å². The fraction of sp³-hybridized carbons (Fsp3) is 1.00. The summed E-state index contributed by atoms with van der Waals surface area (Å²) in [7, 11) is 0. The highest BCUT2D eigenvalue weighted by Gasteiger charge is 2.36. The lowest BCUT2D eigenvalue weighted by Crippen LogP contribution is -2.49. The molecule has 0 aromatic rings. The highest BCUT2D eigenvalue weighted by molar-refractivity contribution is 4.90. The van der Waals surface area contributed by atoms with E-state index in [1.165, 1.54) is 51.6 Å². The molecule has 3 rings (SSSR count). The molecule has 2 heteroatoms. The zero-order valence-corrected chi connectivity index (χ0v) is 9.66. The molecule has 3 atom stereocenters. The molecule has 0 spiro atoms.